The molecule has 3 aromatic heterocycles. The number of nitrogens with zero attached hydrogens (tertiary/aromatic N) is 5. The van der Waals surface area contributed by atoms with Crippen LogP contribution in [0.25, 0.3) is 33.4 Å². The summed E-state index contributed by atoms with van der Waals surface area (Å²) >= 11 is 0. The Balaban J connectivity index is 1.99. The average Bonchev–Trinajstić information content (AvgIpc) is 3.20. The van der Waals surface area contributed by atoms with Gasteiger partial charge in [0.05, 0.1) is 11.9 Å². The van der Waals surface area contributed by atoms with E-state index in [9.17, 15) is 4.39 Å². The van der Waals surface area contributed by atoms with E-state index in [-0.39, 0.29) is 5.82 Å². The van der Waals surface area contributed by atoms with Crippen LogP contribution in [0.3, 0.4) is 0 Å². The molecule has 126 valence electrons. The second-order valence-electron chi connectivity index (χ2n) is 6.05. The van der Waals surface area contributed by atoms with Gasteiger partial charge < -0.3 is 0 Å². The van der Waals surface area contributed by atoms with Crippen LogP contribution in [-0.2, 0) is 13.6 Å². The lowest BCUT2D eigenvalue weighted by molar-refractivity contribution is 0.628. The molecule has 0 atom stereocenters. The van der Waals surface area contributed by atoms with Crippen molar-refractivity contribution in [3.8, 4) is 22.4 Å². The summed E-state index contributed by atoms with van der Waals surface area (Å²) in [5.74, 6) is -0.249. The van der Waals surface area contributed by atoms with Crippen LogP contribution >= 0.6 is 0 Å². The van der Waals surface area contributed by atoms with Crippen molar-refractivity contribution in [3.05, 3.63) is 54.2 Å². The fourth-order valence-corrected chi connectivity index (χ4v) is 3.01. The zero-order valence-corrected chi connectivity index (χ0v) is 14.4. The maximum Gasteiger partial charge on any atom is 0.182 e. The fraction of sp³-hybridized carbons (Fsp3) is 0.211. The van der Waals surface area contributed by atoms with Crippen molar-refractivity contribution in [1.29, 1.82) is 0 Å². The van der Waals surface area contributed by atoms with Crippen molar-refractivity contribution in [3.63, 3.8) is 0 Å². The molecule has 0 amide bonds. The van der Waals surface area contributed by atoms with E-state index in [0.717, 1.165) is 40.0 Å². The standard InChI is InChI=1S/C19H18FN5/c1-4-25-11-14(10-21-25)17-9-16(13-5-7-15(20)8-6-13)18-12(2)24(3)23-19(18)22-17/h5-11H,4H2,1-3H3. The lowest BCUT2D eigenvalue weighted by Crippen LogP contribution is -1.92. The Labute approximate surface area is 144 Å². The number of aryl methyl sites for hydroxylation is 3. The second kappa shape index (κ2) is 5.81. The normalized spacial score (nSPS) is 11.4. The molecular formula is C19H18FN5. The minimum atomic E-state index is -0.249. The lowest BCUT2D eigenvalue weighted by Gasteiger charge is -2.07. The highest BCUT2D eigenvalue weighted by atomic mass is 19.1. The van der Waals surface area contributed by atoms with E-state index in [1.165, 1.54) is 12.1 Å². The summed E-state index contributed by atoms with van der Waals surface area (Å²) in [6.07, 6.45) is 3.78. The molecule has 0 saturated heterocycles. The van der Waals surface area contributed by atoms with E-state index in [1.54, 1.807) is 12.1 Å². The van der Waals surface area contributed by atoms with E-state index in [2.05, 4.69) is 10.2 Å². The van der Waals surface area contributed by atoms with Crippen molar-refractivity contribution < 1.29 is 4.39 Å². The van der Waals surface area contributed by atoms with E-state index < -0.39 is 0 Å². The summed E-state index contributed by atoms with van der Waals surface area (Å²) in [6.45, 7) is 4.86. The summed E-state index contributed by atoms with van der Waals surface area (Å²) in [7, 11) is 1.90. The SMILES string of the molecule is CCn1cc(-c2cc(-c3ccc(F)cc3)c3c(C)n(C)nc3n2)cn1. The third kappa shape index (κ3) is 2.59. The van der Waals surface area contributed by atoms with Crippen molar-refractivity contribution >= 4 is 11.0 Å². The lowest BCUT2D eigenvalue weighted by atomic mass is 10.00. The Morgan fingerprint density at radius 3 is 2.56 bits per heavy atom. The van der Waals surface area contributed by atoms with Crippen LogP contribution in [0.1, 0.15) is 12.6 Å². The Morgan fingerprint density at radius 1 is 1.12 bits per heavy atom. The molecule has 5 nitrogen and oxygen atoms in total. The van der Waals surface area contributed by atoms with Gasteiger partial charge in [0.25, 0.3) is 0 Å². The molecule has 25 heavy (non-hydrogen) atoms. The molecule has 6 heteroatoms. The van der Waals surface area contributed by atoms with Crippen LogP contribution in [0.2, 0.25) is 0 Å². The number of rotatable bonds is 3. The Bertz CT molecular complexity index is 1060. The van der Waals surface area contributed by atoms with Gasteiger partial charge in [-0.3, -0.25) is 9.36 Å². The fourth-order valence-electron chi connectivity index (χ4n) is 3.01. The third-order valence-corrected chi connectivity index (χ3v) is 4.50. The summed E-state index contributed by atoms with van der Waals surface area (Å²) in [6, 6.07) is 8.55. The largest absolute Gasteiger partial charge is 0.272 e. The maximum atomic E-state index is 13.3. The number of hydrogen-bond acceptors (Lipinski definition) is 3. The van der Waals surface area contributed by atoms with Gasteiger partial charge in [0.2, 0.25) is 0 Å². The van der Waals surface area contributed by atoms with Gasteiger partial charge in [-0.15, -0.1) is 0 Å². The van der Waals surface area contributed by atoms with E-state index >= 15 is 0 Å². The topological polar surface area (TPSA) is 48.5 Å². The van der Waals surface area contributed by atoms with Crippen molar-refractivity contribution in [2.75, 3.05) is 0 Å². The third-order valence-electron chi connectivity index (χ3n) is 4.50. The molecule has 0 N–H and O–H groups in total. The number of benzene rings is 1. The minimum Gasteiger partial charge on any atom is -0.272 e. The van der Waals surface area contributed by atoms with E-state index in [1.807, 2.05) is 48.7 Å². The Kier molecular flexibility index (Phi) is 3.60. The molecule has 4 aromatic rings. The maximum absolute atomic E-state index is 13.3. The monoisotopic (exact) mass is 335 g/mol. The van der Waals surface area contributed by atoms with Crippen LogP contribution < -0.4 is 0 Å². The molecule has 3 heterocycles. The molecule has 4 rings (SSSR count). The van der Waals surface area contributed by atoms with Gasteiger partial charge in [0.1, 0.15) is 5.82 Å². The van der Waals surface area contributed by atoms with Crippen LogP contribution in [0, 0.1) is 12.7 Å². The van der Waals surface area contributed by atoms with Crippen molar-refractivity contribution in [2.24, 2.45) is 7.05 Å². The first kappa shape index (κ1) is 15.5. The van der Waals surface area contributed by atoms with Crippen molar-refractivity contribution in [2.45, 2.75) is 20.4 Å². The van der Waals surface area contributed by atoms with Crippen LogP contribution in [0.4, 0.5) is 4.39 Å². The van der Waals surface area contributed by atoms with Gasteiger partial charge in [-0.25, -0.2) is 9.37 Å². The molecule has 0 unspecified atom stereocenters. The molecular weight excluding hydrogens is 317 g/mol. The molecule has 0 fully saturated rings. The number of aromatic nitrogens is 5. The van der Waals surface area contributed by atoms with Crippen LogP contribution in [-0.4, -0.2) is 24.5 Å². The van der Waals surface area contributed by atoms with Gasteiger partial charge in [0.15, 0.2) is 5.65 Å². The zero-order chi connectivity index (χ0) is 17.6. The molecule has 0 radical (unpaired) electrons. The average molecular weight is 335 g/mol. The smallest absolute Gasteiger partial charge is 0.182 e. The molecule has 1 aromatic carbocycles. The predicted molar refractivity (Wildman–Crippen MR) is 95.5 cm³/mol. The molecule has 0 aliphatic heterocycles. The van der Waals surface area contributed by atoms with Gasteiger partial charge in [0, 0.05) is 36.4 Å². The molecule has 0 spiro atoms. The highest BCUT2D eigenvalue weighted by Crippen LogP contribution is 2.33. The zero-order valence-electron chi connectivity index (χ0n) is 14.4. The number of fused-ring (bicyclic) bond motifs is 1. The van der Waals surface area contributed by atoms with Crippen LogP contribution in [0.15, 0.2) is 42.7 Å². The van der Waals surface area contributed by atoms with Gasteiger partial charge in [-0.05, 0) is 43.2 Å². The number of halogens is 1. The number of pyridine rings is 1. The minimum absolute atomic E-state index is 0.249. The molecule has 0 aliphatic rings. The van der Waals surface area contributed by atoms with Gasteiger partial charge in [-0.1, -0.05) is 12.1 Å². The Hall–Kier alpha value is -3.02. The summed E-state index contributed by atoms with van der Waals surface area (Å²) < 4.78 is 17.0. The first-order valence-electron chi connectivity index (χ1n) is 8.20. The van der Waals surface area contributed by atoms with E-state index in [4.69, 9.17) is 4.98 Å². The number of hydrogen-bond donors (Lipinski definition) is 0. The summed E-state index contributed by atoms with van der Waals surface area (Å²) in [4.78, 5) is 4.72. The van der Waals surface area contributed by atoms with Gasteiger partial charge in [-0.2, -0.15) is 10.2 Å². The van der Waals surface area contributed by atoms with Crippen molar-refractivity contribution in [1.82, 2.24) is 24.5 Å². The molecule has 0 saturated carbocycles. The molecule has 0 aliphatic carbocycles. The van der Waals surface area contributed by atoms with E-state index in [0.29, 0.717) is 5.65 Å². The van der Waals surface area contributed by atoms with Gasteiger partial charge >= 0.3 is 0 Å². The van der Waals surface area contributed by atoms with Crippen LogP contribution in [0.5, 0.6) is 0 Å². The Morgan fingerprint density at radius 2 is 1.88 bits per heavy atom. The summed E-state index contributed by atoms with van der Waals surface area (Å²) in [5.41, 5.74) is 5.39. The summed E-state index contributed by atoms with van der Waals surface area (Å²) in [5, 5.41) is 9.85. The first-order valence-corrected chi connectivity index (χ1v) is 8.20. The highest BCUT2D eigenvalue weighted by molar-refractivity contribution is 5.96. The second-order valence-corrected chi connectivity index (χ2v) is 6.05. The first-order chi connectivity index (χ1) is 12.1. The predicted octanol–water partition coefficient (Wildman–Crippen LogP) is 3.97. The molecule has 0 bridgehead atoms. The highest BCUT2D eigenvalue weighted by Gasteiger charge is 2.16. The quantitative estimate of drug-likeness (QED) is 0.569.